The van der Waals surface area contributed by atoms with Crippen LogP contribution in [0.1, 0.15) is 55.3 Å². The monoisotopic (exact) mass is 557 g/mol. The minimum absolute atomic E-state index is 0.131. The van der Waals surface area contributed by atoms with Crippen molar-refractivity contribution in [2.45, 2.75) is 56.9 Å². The average molecular weight is 558 g/mol. The number of amides is 2. The van der Waals surface area contributed by atoms with Crippen LogP contribution in [0.5, 0.6) is 5.75 Å². The summed E-state index contributed by atoms with van der Waals surface area (Å²) in [5.74, 6) is -4.13. The number of methoxy groups -OCH3 is 1. The number of hydrogen-bond donors (Lipinski definition) is 2. The fraction of sp³-hybridized carbons (Fsp3) is 0.571. The lowest BCUT2D eigenvalue weighted by atomic mass is 10.1. The zero-order chi connectivity index (χ0) is 28.3. The van der Waals surface area contributed by atoms with Gasteiger partial charge in [0.1, 0.15) is 11.4 Å². The Balaban J connectivity index is 1.33. The predicted octanol–water partition coefficient (Wildman–Crippen LogP) is 3.81. The number of ether oxygens (including phenoxy) is 1. The molecule has 2 N–H and O–H groups in total. The number of carbonyl (C=O) groups is 2. The molecule has 3 aliphatic rings. The summed E-state index contributed by atoms with van der Waals surface area (Å²) in [7, 11) is 2.82. The van der Waals surface area contributed by atoms with E-state index < -0.39 is 18.4 Å². The van der Waals surface area contributed by atoms with Gasteiger partial charge in [-0.3, -0.25) is 9.59 Å². The summed E-state index contributed by atoms with van der Waals surface area (Å²) in [6.45, 7) is 2.81. The van der Waals surface area contributed by atoms with Crippen LogP contribution in [-0.2, 0) is 4.79 Å². The Morgan fingerprint density at radius 3 is 2.62 bits per heavy atom. The van der Waals surface area contributed by atoms with Crippen molar-refractivity contribution in [2.75, 3.05) is 62.0 Å². The van der Waals surface area contributed by atoms with Gasteiger partial charge >= 0.3 is 5.92 Å². The van der Waals surface area contributed by atoms with Gasteiger partial charge in [-0.05, 0) is 57.0 Å². The minimum atomic E-state index is -3.54. The summed E-state index contributed by atoms with van der Waals surface area (Å²) in [6, 6.07) is 4.89. The number of nitrogens with zero attached hydrogens (tertiary/aromatic N) is 5. The van der Waals surface area contributed by atoms with Crippen molar-refractivity contribution >= 4 is 35.0 Å². The molecule has 2 aromatic rings. The number of alkyl halides is 2. The number of hydrogen-bond acceptors (Lipinski definition) is 8. The van der Waals surface area contributed by atoms with Crippen LogP contribution in [0.3, 0.4) is 0 Å². The standard InChI is InChI=1S/C28H37F2N7O3/c1-35-22-17-32-27(34-24(22)37(20-8-4-5-9-20)18-28(29,30)26(35)39)33-21-11-10-19(16-23(21)40-2)25(38)31-12-15-36-13-6-3-7-14-36/h10-11,16-17,20H,3-9,12-15,18H2,1-2H3,(H,31,38)(H,32,33,34). The predicted molar refractivity (Wildman–Crippen MR) is 149 cm³/mol. The Hall–Kier alpha value is -3.54. The Labute approximate surface area is 233 Å². The molecule has 1 saturated heterocycles. The third kappa shape index (κ3) is 5.96. The lowest BCUT2D eigenvalue weighted by molar-refractivity contribution is -0.140. The number of aromatic nitrogens is 2. The van der Waals surface area contributed by atoms with E-state index in [-0.39, 0.29) is 23.6 Å². The van der Waals surface area contributed by atoms with Crippen molar-refractivity contribution in [3.8, 4) is 5.75 Å². The molecule has 216 valence electrons. The van der Waals surface area contributed by atoms with Crippen LogP contribution in [0.25, 0.3) is 0 Å². The van der Waals surface area contributed by atoms with Crippen LogP contribution in [0.15, 0.2) is 24.4 Å². The Morgan fingerprint density at radius 1 is 1.15 bits per heavy atom. The molecule has 10 nitrogen and oxygen atoms in total. The highest BCUT2D eigenvalue weighted by Gasteiger charge is 2.48. The molecule has 0 radical (unpaired) electrons. The van der Waals surface area contributed by atoms with Crippen molar-refractivity contribution < 1.29 is 23.1 Å². The molecule has 0 unspecified atom stereocenters. The number of nitrogens with one attached hydrogen (secondary N) is 2. The highest BCUT2D eigenvalue weighted by molar-refractivity contribution is 6.02. The fourth-order valence-electron chi connectivity index (χ4n) is 5.77. The summed E-state index contributed by atoms with van der Waals surface area (Å²) >= 11 is 0. The topological polar surface area (TPSA) is 103 Å². The molecular formula is C28H37F2N7O3. The third-order valence-corrected chi connectivity index (χ3v) is 8.01. The van der Waals surface area contributed by atoms with E-state index in [4.69, 9.17) is 4.74 Å². The van der Waals surface area contributed by atoms with Crippen LogP contribution in [-0.4, -0.2) is 85.5 Å². The number of rotatable bonds is 8. The zero-order valence-corrected chi connectivity index (χ0v) is 23.1. The number of carbonyl (C=O) groups excluding carboxylic acids is 2. The van der Waals surface area contributed by atoms with E-state index in [0.29, 0.717) is 29.4 Å². The first-order valence-corrected chi connectivity index (χ1v) is 14.0. The van der Waals surface area contributed by atoms with E-state index in [1.165, 1.54) is 39.6 Å². The van der Waals surface area contributed by atoms with E-state index in [9.17, 15) is 18.4 Å². The van der Waals surface area contributed by atoms with E-state index in [2.05, 4.69) is 25.5 Å². The van der Waals surface area contributed by atoms with Gasteiger partial charge in [0.15, 0.2) is 5.82 Å². The first kappa shape index (κ1) is 28.0. The van der Waals surface area contributed by atoms with Gasteiger partial charge < -0.3 is 30.1 Å². The molecule has 0 atom stereocenters. The molecule has 40 heavy (non-hydrogen) atoms. The third-order valence-electron chi connectivity index (χ3n) is 8.01. The van der Waals surface area contributed by atoms with Crippen molar-refractivity contribution in [2.24, 2.45) is 0 Å². The molecule has 1 saturated carbocycles. The van der Waals surface area contributed by atoms with Gasteiger partial charge in [-0.25, -0.2) is 4.98 Å². The van der Waals surface area contributed by atoms with E-state index in [1.54, 1.807) is 23.1 Å². The van der Waals surface area contributed by atoms with E-state index in [0.717, 1.165) is 50.2 Å². The van der Waals surface area contributed by atoms with Gasteiger partial charge in [-0.1, -0.05) is 19.3 Å². The van der Waals surface area contributed by atoms with Gasteiger partial charge in [-0.15, -0.1) is 0 Å². The molecule has 1 aliphatic carbocycles. The molecule has 12 heteroatoms. The average Bonchev–Trinajstić information content (AvgIpc) is 3.48. The molecule has 0 spiro atoms. The van der Waals surface area contributed by atoms with Crippen LogP contribution < -0.4 is 25.2 Å². The van der Waals surface area contributed by atoms with Crippen LogP contribution in [0, 0.1) is 0 Å². The maximum atomic E-state index is 14.9. The highest BCUT2D eigenvalue weighted by atomic mass is 19.3. The quantitative estimate of drug-likeness (QED) is 0.505. The van der Waals surface area contributed by atoms with Crippen LogP contribution in [0.4, 0.5) is 31.9 Å². The zero-order valence-electron chi connectivity index (χ0n) is 23.1. The number of piperidine rings is 1. The van der Waals surface area contributed by atoms with Gasteiger partial charge in [0.2, 0.25) is 5.95 Å². The van der Waals surface area contributed by atoms with Crippen molar-refractivity contribution in [1.82, 2.24) is 20.2 Å². The lowest BCUT2D eigenvalue weighted by Gasteiger charge is -2.31. The largest absolute Gasteiger partial charge is 0.495 e. The number of anilines is 4. The molecule has 3 heterocycles. The Bertz CT molecular complexity index is 1230. The van der Waals surface area contributed by atoms with Crippen molar-refractivity contribution in [3.05, 3.63) is 30.0 Å². The normalized spacial score (nSPS) is 19.8. The summed E-state index contributed by atoms with van der Waals surface area (Å²) in [5.41, 5.74) is 1.21. The summed E-state index contributed by atoms with van der Waals surface area (Å²) in [4.78, 5) is 39.0. The van der Waals surface area contributed by atoms with Crippen molar-refractivity contribution in [3.63, 3.8) is 0 Å². The maximum Gasteiger partial charge on any atom is 0.342 e. The number of benzene rings is 1. The second kappa shape index (κ2) is 11.9. The smallest absolute Gasteiger partial charge is 0.342 e. The molecule has 2 amide bonds. The number of likely N-dealkylation sites (tertiary alicyclic amines) is 1. The molecular weight excluding hydrogens is 520 g/mol. The fourth-order valence-corrected chi connectivity index (χ4v) is 5.77. The molecule has 2 fully saturated rings. The summed E-state index contributed by atoms with van der Waals surface area (Å²) in [5, 5.41) is 6.07. The SMILES string of the molecule is COc1cc(C(=O)NCCN2CCCCC2)ccc1Nc1ncc2c(n1)N(C1CCCC1)CC(F)(F)C(=O)N2C. The molecule has 0 bridgehead atoms. The van der Waals surface area contributed by atoms with Crippen molar-refractivity contribution in [1.29, 1.82) is 0 Å². The van der Waals surface area contributed by atoms with Crippen LogP contribution >= 0.6 is 0 Å². The van der Waals surface area contributed by atoms with Gasteiger partial charge in [0.05, 0.1) is 25.5 Å². The Kier molecular flexibility index (Phi) is 8.34. The summed E-state index contributed by atoms with van der Waals surface area (Å²) < 4.78 is 35.2. The summed E-state index contributed by atoms with van der Waals surface area (Å²) in [6.07, 6.45) is 8.47. The Morgan fingerprint density at radius 2 is 1.90 bits per heavy atom. The van der Waals surface area contributed by atoms with Gasteiger partial charge in [0.25, 0.3) is 11.8 Å². The maximum absolute atomic E-state index is 14.9. The number of halogens is 2. The first-order chi connectivity index (χ1) is 19.3. The minimum Gasteiger partial charge on any atom is -0.495 e. The molecule has 5 rings (SSSR count). The lowest BCUT2D eigenvalue weighted by Crippen LogP contribution is -2.48. The molecule has 1 aromatic carbocycles. The van der Waals surface area contributed by atoms with E-state index in [1.807, 2.05) is 0 Å². The van der Waals surface area contributed by atoms with Gasteiger partial charge in [-0.2, -0.15) is 13.8 Å². The number of fused-ring (bicyclic) bond motifs is 1. The van der Waals surface area contributed by atoms with Crippen LogP contribution in [0.2, 0.25) is 0 Å². The second-order valence-corrected chi connectivity index (χ2v) is 10.7. The highest BCUT2D eigenvalue weighted by Crippen LogP contribution is 2.40. The second-order valence-electron chi connectivity index (χ2n) is 10.7. The molecule has 2 aliphatic heterocycles. The first-order valence-electron chi connectivity index (χ1n) is 14.0. The van der Waals surface area contributed by atoms with E-state index >= 15 is 0 Å². The molecule has 1 aromatic heterocycles. The van der Waals surface area contributed by atoms with Gasteiger partial charge in [0, 0.05) is 31.7 Å².